The Morgan fingerprint density at radius 3 is 2.55 bits per heavy atom. The Kier molecular flexibility index (Phi) is 4.54. The summed E-state index contributed by atoms with van der Waals surface area (Å²) in [4.78, 5) is 4.48. The van der Waals surface area contributed by atoms with E-state index in [0.717, 1.165) is 33.7 Å². The highest BCUT2D eigenvalue weighted by atomic mass is 16.5. The van der Waals surface area contributed by atoms with E-state index in [4.69, 9.17) is 14.2 Å². The van der Waals surface area contributed by atoms with Gasteiger partial charge in [0, 0.05) is 16.7 Å². The zero-order valence-electron chi connectivity index (χ0n) is 18.2. The summed E-state index contributed by atoms with van der Waals surface area (Å²) in [6.45, 7) is 0. The lowest BCUT2D eigenvalue weighted by Crippen LogP contribution is -2.32. The van der Waals surface area contributed by atoms with E-state index < -0.39 is 6.10 Å². The molecule has 0 bridgehead atoms. The Morgan fingerprint density at radius 2 is 1.73 bits per heavy atom. The highest BCUT2D eigenvalue weighted by molar-refractivity contribution is 5.85. The van der Waals surface area contributed by atoms with Crippen molar-refractivity contribution in [2.24, 2.45) is 0 Å². The molecule has 6 rings (SSSR count). The third-order valence-corrected chi connectivity index (χ3v) is 6.15. The molecule has 2 unspecified atom stereocenters. The number of aromatic nitrogens is 3. The third-order valence-electron chi connectivity index (χ3n) is 6.15. The number of nitrogens with one attached hydrogen (secondary N) is 1. The van der Waals surface area contributed by atoms with Gasteiger partial charge in [-0.1, -0.05) is 54.6 Å². The second-order valence-electron chi connectivity index (χ2n) is 7.87. The monoisotopic (exact) mass is 438 g/mol. The zero-order chi connectivity index (χ0) is 22.4. The van der Waals surface area contributed by atoms with Crippen LogP contribution in [0.3, 0.4) is 0 Å². The number of benzene rings is 3. The molecule has 0 saturated heterocycles. The largest absolute Gasteiger partial charge is 0.493 e. The van der Waals surface area contributed by atoms with E-state index in [1.165, 1.54) is 0 Å². The number of hydrogen-bond donors (Lipinski definition) is 1. The summed E-state index contributed by atoms with van der Waals surface area (Å²) in [5, 5.41) is 8.08. The number of hydrogen-bond acceptors (Lipinski definition) is 6. The van der Waals surface area contributed by atoms with Crippen LogP contribution in [0.4, 0.5) is 5.95 Å². The maximum absolute atomic E-state index is 6.68. The maximum Gasteiger partial charge on any atom is 0.226 e. The van der Waals surface area contributed by atoms with Crippen molar-refractivity contribution in [3.63, 3.8) is 0 Å². The summed E-state index contributed by atoms with van der Waals surface area (Å²) in [6.07, 6.45) is 1.14. The summed E-state index contributed by atoms with van der Waals surface area (Å²) in [7, 11) is 3.29. The average Bonchev–Trinajstić information content (AvgIpc) is 3.35. The van der Waals surface area contributed by atoms with E-state index >= 15 is 0 Å². The van der Waals surface area contributed by atoms with Gasteiger partial charge in [-0.2, -0.15) is 10.1 Å². The number of para-hydroxylation sites is 2. The van der Waals surface area contributed by atoms with Crippen molar-refractivity contribution in [1.29, 1.82) is 0 Å². The van der Waals surface area contributed by atoms with Gasteiger partial charge >= 0.3 is 0 Å². The molecule has 3 heterocycles. The minimum atomic E-state index is -0.435. The molecule has 0 aliphatic carbocycles. The molecular weight excluding hydrogens is 416 g/mol. The standard InChI is InChI=1S/C26H22N4O3/c1-31-20-14-8-12-18(24(20)32-2)25-21-22(17-11-6-7-13-19(17)33-25)29-26-27-15-28-30(26)23(21)16-9-4-3-5-10-16/h3-15,23,25H,1-2H3,(H,27,28,29). The first kappa shape index (κ1) is 19.4. The molecule has 7 heteroatoms. The van der Waals surface area contributed by atoms with Crippen molar-refractivity contribution in [2.45, 2.75) is 12.1 Å². The highest BCUT2D eigenvalue weighted by Gasteiger charge is 2.42. The maximum atomic E-state index is 6.68. The van der Waals surface area contributed by atoms with Gasteiger partial charge in [-0.15, -0.1) is 0 Å². The fourth-order valence-corrected chi connectivity index (χ4v) is 4.75. The summed E-state index contributed by atoms with van der Waals surface area (Å²) in [5.74, 6) is 2.78. The van der Waals surface area contributed by atoms with Crippen LogP contribution in [0.25, 0.3) is 5.70 Å². The van der Waals surface area contributed by atoms with E-state index in [1.807, 2.05) is 59.3 Å². The second kappa shape index (κ2) is 7.70. The molecule has 0 radical (unpaired) electrons. The van der Waals surface area contributed by atoms with Crippen LogP contribution >= 0.6 is 0 Å². The number of anilines is 1. The molecule has 3 aromatic carbocycles. The van der Waals surface area contributed by atoms with Crippen molar-refractivity contribution in [3.05, 3.63) is 101 Å². The van der Waals surface area contributed by atoms with E-state index in [2.05, 4.69) is 33.6 Å². The normalized spacial score (nSPS) is 18.4. The van der Waals surface area contributed by atoms with E-state index in [1.54, 1.807) is 20.5 Å². The van der Waals surface area contributed by atoms with Crippen LogP contribution in [0, 0.1) is 0 Å². The fraction of sp³-hybridized carbons (Fsp3) is 0.154. The lowest BCUT2D eigenvalue weighted by Gasteiger charge is -2.39. The smallest absolute Gasteiger partial charge is 0.226 e. The first-order valence-corrected chi connectivity index (χ1v) is 10.7. The van der Waals surface area contributed by atoms with Gasteiger partial charge in [0.05, 0.1) is 19.9 Å². The molecule has 0 saturated carbocycles. The Bertz CT molecular complexity index is 1360. The minimum absolute atomic E-state index is 0.214. The van der Waals surface area contributed by atoms with E-state index in [9.17, 15) is 0 Å². The number of ether oxygens (including phenoxy) is 3. The molecule has 2 aliphatic rings. The first-order chi connectivity index (χ1) is 16.3. The van der Waals surface area contributed by atoms with Gasteiger partial charge in [-0.25, -0.2) is 4.68 Å². The van der Waals surface area contributed by atoms with Gasteiger partial charge in [0.25, 0.3) is 0 Å². The van der Waals surface area contributed by atoms with Crippen molar-refractivity contribution < 1.29 is 14.2 Å². The van der Waals surface area contributed by atoms with Crippen molar-refractivity contribution in [2.75, 3.05) is 19.5 Å². The topological polar surface area (TPSA) is 70.4 Å². The van der Waals surface area contributed by atoms with Gasteiger partial charge in [0.15, 0.2) is 17.6 Å². The highest BCUT2D eigenvalue weighted by Crippen LogP contribution is 2.52. The number of rotatable bonds is 4. The molecule has 0 fully saturated rings. The van der Waals surface area contributed by atoms with Crippen molar-refractivity contribution >= 4 is 11.6 Å². The van der Waals surface area contributed by atoms with Crippen LogP contribution < -0.4 is 19.5 Å². The predicted molar refractivity (Wildman–Crippen MR) is 125 cm³/mol. The molecule has 0 amide bonds. The summed E-state index contributed by atoms with van der Waals surface area (Å²) in [6, 6.07) is 24.0. The molecule has 2 atom stereocenters. The lowest BCUT2D eigenvalue weighted by atomic mass is 9.84. The summed E-state index contributed by atoms with van der Waals surface area (Å²) in [5.41, 5.74) is 4.96. The van der Waals surface area contributed by atoms with Gasteiger partial charge in [-0.3, -0.25) is 0 Å². The van der Waals surface area contributed by atoms with Gasteiger partial charge in [-0.05, 0) is 23.8 Å². The summed E-state index contributed by atoms with van der Waals surface area (Å²) >= 11 is 0. The first-order valence-electron chi connectivity index (χ1n) is 10.7. The molecule has 1 aromatic heterocycles. The molecular formula is C26H22N4O3. The van der Waals surface area contributed by atoms with Crippen LogP contribution in [-0.2, 0) is 0 Å². The molecule has 4 aromatic rings. The van der Waals surface area contributed by atoms with Crippen molar-refractivity contribution in [3.8, 4) is 17.2 Å². The molecule has 1 N–H and O–H groups in total. The minimum Gasteiger partial charge on any atom is -0.493 e. The third kappa shape index (κ3) is 2.96. The van der Waals surface area contributed by atoms with E-state index in [0.29, 0.717) is 17.4 Å². The average molecular weight is 438 g/mol. The molecule has 33 heavy (non-hydrogen) atoms. The SMILES string of the molecule is COc1cccc(C2Oc3ccccc3C3=C2C(c2ccccc2)n2ncnc2N3)c1OC. The second-order valence-corrected chi connectivity index (χ2v) is 7.87. The van der Waals surface area contributed by atoms with E-state index in [-0.39, 0.29) is 6.04 Å². The van der Waals surface area contributed by atoms with Crippen molar-refractivity contribution in [1.82, 2.24) is 14.8 Å². The van der Waals surface area contributed by atoms with Gasteiger partial charge < -0.3 is 19.5 Å². The predicted octanol–water partition coefficient (Wildman–Crippen LogP) is 4.86. The Labute approximate surface area is 191 Å². The Hall–Kier alpha value is -4.26. The molecule has 0 spiro atoms. The Balaban J connectivity index is 1.65. The molecule has 7 nitrogen and oxygen atoms in total. The van der Waals surface area contributed by atoms with Crippen LogP contribution in [0.15, 0.2) is 84.7 Å². The summed E-state index contributed by atoms with van der Waals surface area (Å²) < 4.78 is 20.0. The quantitative estimate of drug-likeness (QED) is 0.491. The molecule has 164 valence electrons. The molecule has 2 aliphatic heterocycles. The number of nitrogens with zero attached hydrogens (tertiary/aromatic N) is 3. The van der Waals surface area contributed by atoms with Crippen LogP contribution in [-0.4, -0.2) is 29.0 Å². The Morgan fingerprint density at radius 1 is 0.909 bits per heavy atom. The number of fused-ring (bicyclic) bond motifs is 3. The number of methoxy groups -OCH3 is 2. The van der Waals surface area contributed by atoms with Crippen LogP contribution in [0.5, 0.6) is 17.2 Å². The van der Waals surface area contributed by atoms with Gasteiger partial charge in [0.1, 0.15) is 18.1 Å². The zero-order valence-corrected chi connectivity index (χ0v) is 18.2. The fourth-order valence-electron chi connectivity index (χ4n) is 4.75. The van der Waals surface area contributed by atoms with Crippen LogP contribution in [0.1, 0.15) is 28.8 Å². The van der Waals surface area contributed by atoms with Gasteiger partial charge in [0.2, 0.25) is 5.95 Å². The van der Waals surface area contributed by atoms with Crippen LogP contribution in [0.2, 0.25) is 0 Å². The lowest BCUT2D eigenvalue weighted by molar-refractivity contribution is 0.216.